The molecule has 0 aromatic heterocycles. The Kier molecular flexibility index (Phi) is 6.80. The Hall–Kier alpha value is -2.69. The Morgan fingerprint density at radius 1 is 0.929 bits per heavy atom. The lowest BCUT2D eigenvalue weighted by molar-refractivity contribution is 0.284. The second-order valence-electron chi connectivity index (χ2n) is 6.18. The van der Waals surface area contributed by atoms with Crippen molar-refractivity contribution in [2.75, 3.05) is 12.5 Å². The Balaban J connectivity index is 1.64. The highest BCUT2D eigenvalue weighted by atomic mass is 35.5. The average molecular weight is 415 g/mol. The van der Waals surface area contributed by atoms with Gasteiger partial charge in [-0.25, -0.2) is 0 Å². The molecule has 0 heterocycles. The molecule has 0 aliphatic heterocycles. The van der Waals surface area contributed by atoms with Crippen LogP contribution in [0, 0.1) is 6.92 Å². The van der Waals surface area contributed by atoms with Gasteiger partial charge in [-0.15, -0.1) is 0 Å². The van der Waals surface area contributed by atoms with Crippen molar-refractivity contribution in [3.8, 4) is 11.5 Å². The van der Waals surface area contributed by atoms with Gasteiger partial charge in [0, 0.05) is 0 Å². The lowest BCUT2D eigenvalue weighted by atomic mass is 10.2. The third kappa shape index (κ3) is 5.41. The van der Waals surface area contributed by atoms with E-state index in [0.717, 1.165) is 16.8 Å². The Morgan fingerprint density at radius 2 is 1.71 bits per heavy atom. The first kappa shape index (κ1) is 20.1. The molecule has 0 radical (unpaired) electrons. The molecule has 0 fully saturated rings. The SMILES string of the molecule is COc1cc(C=NNc2ccc(Cl)c(Cl)c2)ccc1OCc1ccc(C)cc1. The van der Waals surface area contributed by atoms with Crippen LogP contribution in [0.25, 0.3) is 0 Å². The minimum absolute atomic E-state index is 0.471. The molecule has 0 amide bonds. The molecule has 0 spiro atoms. The van der Waals surface area contributed by atoms with Crippen molar-refractivity contribution in [1.82, 2.24) is 0 Å². The quantitative estimate of drug-likeness (QED) is 0.362. The number of nitrogens with one attached hydrogen (secondary N) is 1. The van der Waals surface area contributed by atoms with E-state index in [-0.39, 0.29) is 0 Å². The predicted molar refractivity (Wildman–Crippen MR) is 116 cm³/mol. The van der Waals surface area contributed by atoms with E-state index in [1.165, 1.54) is 5.56 Å². The van der Waals surface area contributed by atoms with Gasteiger partial charge in [-0.2, -0.15) is 5.10 Å². The summed E-state index contributed by atoms with van der Waals surface area (Å²) < 4.78 is 11.3. The first-order valence-electron chi connectivity index (χ1n) is 8.65. The molecule has 3 rings (SSSR count). The number of hydrazone groups is 1. The van der Waals surface area contributed by atoms with Crippen molar-refractivity contribution in [3.63, 3.8) is 0 Å². The molecule has 0 aliphatic rings. The molecular weight excluding hydrogens is 395 g/mol. The minimum atomic E-state index is 0.471. The Bertz CT molecular complexity index is 973. The van der Waals surface area contributed by atoms with Crippen molar-refractivity contribution >= 4 is 35.1 Å². The fourth-order valence-corrected chi connectivity index (χ4v) is 2.77. The maximum absolute atomic E-state index is 5.99. The smallest absolute Gasteiger partial charge is 0.161 e. The van der Waals surface area contributed by atoms with Crippen molar-refractivity contribution in [1.29, 1.82) is 0 Å². The van der Waals surface area contributed by atoms with Crippen LogP contribution in [-0.2, 0) is 6.61 Å². The summed E-state index contributed by atoms with van der Waals surface area (Å²) in [7, 11) is 1.61. The molecule has 0 saturated carbocycles. The summed E-state index contributed by atoms with van der Waals surface area (Å²) in [6, 6.07) is 19.1. The second-order valence-corrected chi connectivity index (χ2v) is 7.00. The first-order chi connectivity index (χ1) is 13.5. The van der Waals surface area contributed by atoms with Gasteiger partial charge in [-0.3, -0.25) is 5.43 Å². The Labute approximate surface area is 174 Å². The van der Waals surface area contributed by atoms with E-state index in [4.69, 9.17) is 32.7 Å². The highest BCUT2D eigenvalue weighted by molar-refractivity contribution is 6.42. The van der Waals surface area contributed by atoms with Gasteiger partial charge in [0.15, 0.2) is 11.5 Å². The average Bonchev–Trinajstić information content (AvgIpc) is 2.70. The molecule has 0 atom stereocenters. The molecule has 3 aromatic rings. The second kappa shape index (κ2) is 9.49. The summed E-state index contributed by atoms with van der Waals surface area (Å²) in [5.74, 6) is 1.32. The van der Waals surface area contributed by atoms with Crippen LogP contribution in [0.2, 0.25) is 10.0 Å². The summed E-state index contributed by atoms with van der Waals surface area (Å²) in [6.07, 6.45) is 1.69. The van der Waals surface area contributed by atoms with E-state index in [1.807, 2.05) is 18.2 Å². The summed E-state index contributed by atoms with van der Waals surface area (Å²) in [5, 5.41) is 5.19. The van der Waals surface area contributed by atoms with Crippen molar-refractivity contribution < 1.29 is 9.47 Å². The van der Waals surface area contributed by atoms with Crippen molar-refractivity contribution in [2.45, 2.75) is 13.5 Å². The molecule has 6 heteroatoms. The van der Waals surface area contributed by atoms with E-state index >= 15 is 0 Å². The lowest BCUT2D eigenvalue weighted by Gasteiger charge is -2.11. The van der Waals surface area contributed by atoms with Crippen LogP contribution < -0.4 is 14.9 Å². The zero-order valence-electron chi connectivity index (χ0n) is 15.6. The number of halogens is 2. The fourth-order valence-electron chi connectivity index (χ4n) is 2.48. The van der Waals surface area contributed by atoms with E-state index in [2.05, 4.69) is 41.7 Å². The number of hydrogen-bond donors (Lipinski definition) is 1. The maximum atomic E-state index is 5.99. The van der Waals surface area contributed by atoms with Crippen LogP contribution >= 0.6 is 23.2 Å². The fraction of sp³-hybridized carbons (Fsp3) is 0.136. The minimum Gasteiger partial charge on any atom is -0.493 e. The molecule has 0 unspecified atom stereocenters. The normalized spacial score (nSPS) is 10.9. The van der Waals surface area contributed by atoms with Crippen LogP contribution in [0.4, 0.5) is 5.69 Å². The largest absolute Gasteiger partial charge is 0.493 e. The summed E-state index contributed by atoms with van der Waals surface area (Å²) in [4.78, 5) is 0. The molecule has 0 aliphatic carbocycles. The zero-order valence-corrected chi connectivity index (χ0v) is 17.1. The summed E-state index contributed by atoms with van der Waals surface area (Å²) >= 11 is 11.9. The number of hydrogen-bond acceptors (Lipinski definition) is 4. The van der Waals surface area contributed by atoms with Crippen LogP contribution in [0.5, 0.6) is 11.5 Å². The molecule has 0 saturated heterocycles. The van der Waals surface area contributed by atoms with Gasteiger partial charge in [0.25, 0.3) is 0 Å². The molecular formula is C22H20Cl2N2O2. The number of methoxy groups -OCH3 is 1. The van der Waals surface area contributed by atoms with Gasteiger partial charge in [0.05, 0.1) is 29.1 Å². The third-order valence-corrected chi connectivity index (χ3v) is 4.77. The Morgan fingerprint density at radius 3 is 2.43 bits per heavy atom. The van der Waals surface area contributed by atoms with Crippen LogP contribution in [0.1, 0.15) is 16.7 Å². The monoisotopic (exact) mass is 414 g/mol. The lowest BCUT2D eigenvalue weighted by Crippen LogP contribution is -1.99. The number of ether oxygens (including phenoxy) is 2. The molecule has 144 valence electrons. The van der Waals surface area contributed by atoms with Gasteiger partial charge in [0.2, 0.25) is 0 Å². The van der Waals surface area contributed by atoms with Crippen molar-refractivity contribution in [3.05, 3.63) is 87.4 Å². The summed E-state index contributed by atoms with van der Waals surface area (Å²) in [5.41, 5.74) is 6.86. The van der Waals surface area contributed by atoms with E-state index in [9.17, 15) is 0 Å². The van der Waals surface area contributed by atoms with Crippen LogP contribution in [0.3, 0.4) is 0 Å². The van der Waals surface area contributed by atoms with Crippen LogP contribution in [-0.4, -0.2) is 13.3 Å². The predicted octanol–water partition coefficient (Wildman–Crippen LogP) is 6.34. The molecule has 3 aromatic carbocycles. The molecule has 28 heavy (non-hydrogen) atoms. The molecule has 1 N–H and O–H groups in total. The summed E-state index contributed by atoms with van der Waals surface area (Å²) in [6.45, 7) is 2.54. The number of rotatable bonds is 7. The van der Waals surface area contributed by atoms with E-state index < -0.39 is 0 Å². The standard InChI is InChI=1S/C22H20Cl2N2O2/c1-15-3-5-16(6-4-15)14-28-21-10-7-17(11-22(21)27-2)13-25-26-18-8-9-19(23)20(24)12-18/h3-13,26H,14H2,1-2H3. The number of anilines is 1. The highest BCUT2D eigenvalue weighted by Crippen LogP contribution is 2.29. The number of nitrogens with zero attached hydrogens (tertiary/aromatic N) is 1. The van der Waals surface area contributed by atoms with Gasteiger partial charge in [-0.05, 0) is 54.4 Å². The van der Waals surface area contributed by atoms with Crippen LogP contribution in [0.15, 0.2) is 65.8 Å². The van der Waals surface area contributed by atoms with Crippen molar-refractivity contribution in [2.24, 2.45) is 5.10 Å². The highest BCUT2D eigenvalue weighted by Gasteiger charge is 2.06. The number of aryl methyl sites for hydroxylation is 1. The van der Waals surface area contributed by atoms with Gasteiger partial charge >= 0.3 is 0 Å². The van der Waals surface area contributed by atoms with Gasteiger partial charge < -0.3 is 9.47 Å². The third-order valence-electron chi connectivity index (χ3n) is 4.03. The van der Waals surface area contributed by atoms with E-state index in [1.54, 1.807) is 31.5 Å². The van der Waals surface area contributed by atoms with Gasteiger partial charge in [0.1, 0.15) is 6.61 Å². The zero-order chi connectivity index (χ0) is 19.9. The number of benzene rings is 3. The van der Waals surface area contributed by atoms with Gasteiger partial charge in [-0.1, -0.05) is 53.0 Å². The van der Waals surface area contributed by atoms with E-state index in [0.29, 0.717) is 28.2 Å². The molecule has 4 nitrogen and oxygen atoms in total. The topological polar surface area (TPSA) is 42.8 Å². The maximum Gasteiger partial charge on any atom is 0.161 e. The first-order valence-corrected chi connectivity index (χ1v) is 9.41. The molecule has 0 bridgehead atoms.